The van der Waals surface area contributed by atoms with E-state index in [1.165, 1.54) is 0 Å². The predicted molar refractivity (Wildman–Crippen MR) is 89.4 cm³/mol. The molecule has 0 unspecified atom stereocenters. The fraction of sp³-hybridized carbons (Fsp3) is 0.526. The summed E-state index contributed by atoms with van der Waals surface area (Å²) in [5.74, 6) is -1.12. The number of carbonyl (C=O) groups excluding carboxylic acids is 3. The minimum Gasteiger partial charge on any atom is -0.380 e. The van der Waals surface area contributed by atoms with Gasteiger partial charge in [-0.3, -0.25) is 14.4 Å². The number of Topliss-reactive ketones (excluding diaryl/α,β-unsaturated/α-hetero) is 1. The first-order valence-electron chi connectivity index (χ1n) is 8.82. The van der Waals surface area contributed by atoms with E-state index in [9.17, 15) is 14.4 Å². The summed E-state index contributed by atoms with van der Waals surface area (Å²) >= 11 is 0. The van der Waals surface area contributed by atoms with E-state index in [-0.39, 0.29) is 17.4 Å². The van der Waals surface area contributed by atoms with Crippen LogP contribution in [-0.2, 0) is 25.7 Å². The fourth-order valence-electron chi connectivity index (χ4n) is 4.11. The van der Waals surface area contributed by atoms with Crippen molar-refractivity contribution in [3.8, 4) is 0 Å². The molecule has 1 spiro atoms. The van der Waals surface area contributed by atoms with E-state index >= 15 is 0 Å². The number of hydrogen-bond acceptors (Lipinski definition) is 4. The summed E-state index contributed by atoms with van der Waals surface area (Å²) in [6.07, 6.45) is 2.49. The van der Waals surface area contributed by atoms with Gasteiger partial charge in [-0.1, -0.05) is 30.3 Å². The van der Waals surface area contributed by atoms with Crippen LogP contribution in [0.2, 0.25) is 0 Å². The number of likely N-dealkylation sites (tertiary alicyclic amines) is 1. The largest absolute Gasteiger partial charge is 0.380 e. The van der Waals surface area contributed by atoms with E-state index < -0.39 is 17.7 Å². The van der Waals surface area contributed by atoms with Crippen LogP contribution in [0.1, 0.15) is 31.2 Å². The average molecular weight is 342 g/mol. The van der Waals surface area contributed by atoms with Gasteiger partial charge in [0.15, 0.2) is 0 Å². The first kappa shape index (κ1) is 16.3. The van der Waals surface area contributed by atoms with Crippen LogP contribution < -0.4 is 5.32 Å². The summed E-state index contributed by atoms with van der Waals surface area (Å²) in [4.78, 5) is 38.6. The van der Waals surface area contributed by atoms with Crippen LogP contribution in [0.25, 0.3) is 0 Å². The first-order valence-corrected chi connectivity index (χ1v) is 8.82. The Balaban J connectivity index is 1.36. The van der Waals surface area contributed by atoms with Gasteiger partial charge in [-0.05, 0) is 24.8 Å². The number of hydrogen-bond donors (Lipinski definition) is 1. The van der Waals surface area contributed by atoms with Crippen molar-refractivity contribution in [1.82, 2.24) is 10.2 Å². The Morgan fingerprint density at radius 1 is 1.20 bits per heavy atom. The van der Waals surface area contributed by atoms with Crippen molar-refractivity contribution in [3.63, 3.8) is 0 Å². The van der Waals surface area contributed by atoms with Crippen LogP contribution in [0.4, 0.5) is 0 Å². The van der Waals surface area contributed by atoms with Crippen molar-refractivity contribution in [2.75, 3.05) is 13.2 Å². The molecule has 6 heteroatoms. The Morgan fingerprint density at radius 2 is 1.92 bits per heavy atom. The molecule has 2 heterocycles. The Labute approximate surface area is 146 Å². The number of nitrogens with zero attached hydrogens (tertiary/aromatic N) is 1. The van der Waals surface area contributed by atoms with E-state index in [1.54, 1.807) is 4.90 Å². The highest BCUT2D eigenvalue weighted by atomic mass is 16.5. The van der Waals surface area contributed by atoms with Crippen molar-refractivity contribution in [1.29, 1.82) is 0 Å². The van der Waals surface area contributed by atoms with Crippen LogP contribution in [0.15, 0.2) is 30.3 Å². The number of ether oxygens (including phenoxy) is 1. The number of ketones is 1. The molecular formula is C19H22N2O4. The van der Waals surface area contributed by atoms with Gasteiger partial charge in [0.05, 0.1) is 13.2 Å². The molecule has 1 aliphatic carbocycles. The standard InChI is InChI=1S/C19H22N2O4/c22-16-7-6-15(21(16)10-13-4-2-1-3-5-13)17(23)18(24)20-14-8-19(9-14)11-25-12-19/h1-5,14-15H,6-12H2,(H,20,24)/t15-/m1/s1. The van der Waals surface area contributed by atoms with Crippen LogP contribution in [0.5, 0.6) is 0 Å². The molecule has 1 saturated carbocycles. The molecular weight excluding hydrogens is 320 g/mol. The third kappa shape index (κ3) is 3.06. The van der Waals surface area contributed by atoms with Crippen molar-refractivity contribution >= 4 is 17.6 Å². The molecule has 0 bridgehead atoms. The Bertz CT molecular complexity index is 691. The van der Waals surface area contributed by atoms with E-state index in [0.717, 1.165) is 31.6 Å². The molecule has 25 heavy (non-hydrogen) atoms. The topological polar surface area (TPSA) is 75.7 Å². The van der Waals surface area contributed by atoms with Gasteiger partial charge in [0, 0.05) is 24.4 Å². The lowest BCUT2D eigenvalue weighted by Gasteiger charge is -2.53. The van der Waals surface area contributed by atoms with Crippen LogP contribution >= 0.6 is 0 Å². The summed E-state index contributed by atoms with van der Waals surface area (Å²) in [5.41, 5.74) is 1.20. The second kappa shape index (κ2) is 6.26. The van der Waals surface area contributed by atoms with E-state index in [4.69, 9.17) is 4.74 Å². The maximum atomic E-state index is 12.6. The molecule has 6 nitrogen and oxygen atoms in total. The number of nitrogens with one attached hydrogen (secondary N) is 1. The van der Waals surface area contributed by atoms with Crippen molar-refractivity contribution in [2.24, 2.45) is 5.41 Å². The van der Waals surface area contributed by atoms with E-state index in [0.29, 0.717) is 19.4 Å². The monoisotopic (exact) mass is 342 g/mol. The molecule has 1 aromatic carbocycles. The minimum atomic E-state index is -0.645. The molecule has 3 fully saturated rings. The number of benzene rings is 1. The summed E-state index contributed by atoms with van der Waals surface area (Å²) < 4.78 is 5.22. The molecule has 0 radical (unpaired) electrons. The highest BCUT2D eigenvalue weighted by Crippen LogP contribution is 2.46. The molecule has 1 N–H and O–H groups in total. The molecule has 1 aromatic rings. The fourth-order valence-corrected chi connectivity index (χ4v) is 4.11. The van der Waals surface area contributed by atoms with Crippen LogP contribution in [0, 0.1) is 5.41 Å². The van der Waals surface area contributed by atoms with Gasteiger partial charge in [0.2, 0.25) is 11.7 Å². The zero-order valence-corrected chi connectivity index (χ0v) is 14.1. The molecule has 0 aromatic heterocycles. The van der Waals surface area contributed by atoms with Crippen molar-refractivity contribution in [2.45, 2.75) is 44.3 Å². The summed E-state index contributed by atoms with van der Waals surface area (Å²) in [6.45, 7) is 1.89. The van der Waals surface area contributed by atoms with Gasteiger partial charge in [0.1, 0.15) is 6.04 Å². The summed E-state index contributed by atoms with van der Waals surface area (Å²) in [5, 5.41) is 2.83. The average Bonchev–Trinajstić information content (AvgIpc) is 2.89. The third-order valence-electron chi connectivity index (χ3n) is 5.56. The molecule has 2 aliphatic heterocycles. The van der Waals surface area contributed by atoms with Crippen LogP contribution in [0.3, 0.4) is 0 Å². The van der Waals surface area contributed by atoms with Gasteiger partial charge in [-0.2, -0.15) is 0 Å². The lowest BCUT2D eigenvalue weighted by molar-refractivity contribution is -0.170. The van der Waals surface area contributed by atoms with Gasteiger partial charge >= 0.3 is 0 Å². The van der Waals surface area contributed by atoms with Crippen LogP contribution in [-0.4, -0.2) is 47.8 Å². The van der Waals surface area contributed by atoms with Gasteiger partial charge < -0.3 is 15.0 Å². The smallest absolute Gasteiger partial charge is 0.289 e. The second-order valence-electron chi connectivity index (χ2n) is 7.50. The van der Waals surface area contributed by atoms with Crippen molar-refractivity contribution in [3.05, 3.63) is 35.9 Å². The van der Waals surface area contributed by atoms with Crippen molar-refractivity contribution < 1.29 is 19.1 Å². The minimum absolute atomic E-state index is 0.0556. The van der Waals surface area contributed by atoms with Gasteiger partial charge in [0.25, 0.3) is 5.91 Å². The Kier molecular flexibility index (Phi) is 4.07. The Morgan fingerprint density at radius 3 is 2.56 bits per heavy atom. The molecule has 132 valence electrons. The first-order chi connectivity index (χ1) is 12.1. The molecule has 2 amide bonds. The van der Waals surface area contributed by atoms with E-state index in [2.05, 4.69) is 5.32 Å². The zero-order valence-electron chi connectivity index (χ0n) is 14.1. The van der Waals surface area contributed by atoms with E-state index in [1.807, 2.05) is 30.3 Å². The quantitative estimate of drug-likeness (QED) is 0.812. The SMILES string of the molecule is O=C(NC1CC2(COC2)C1)C(=O)[C@H]1CCC(=O)N1Cc1ccccc1. The summed E-state index contributed by atoms with van der Waals surface area (Å²) in [6, 6.07) is 8.95. The molecule has 4 rings (SSSR count). The normalized spacial score (nSPS) is 24.7. The Hall–Kier alpha value is -2.21. The molecule has 1 atom stereocenters. The number of carbonyl (C=O) groups is 3. The maximum Gasteiger partial charge on any atom is 0.289 e. The lowest BCUT2D eigenvalue weighted by Crippen LogP contribution is -2.61. The number of amides is 2. The predicted octanol–water partition coefficient (Wildman–Crippen LogP) is 1.04. The van der Waals surface area contributed by atoms with Gasteiger partial charge in [-0.15, -0.1) is 0 Å². The highest BCUT2D eigenvalue weighted by molar-refractivity contribution is 6.38. The third-order valence-corrected chi connectivity index (χ3v) is 5.56. The molecule has 2 saturated heterocycles. The maximum absolute atomic E-state index is 12.6. The summed E-state index contributed by atoms with van der Waals surface area (Å²) in [7, 11) is 0. The van der Waals surface area contributed by atoms with Gasteiger partial charge in [-0.25, -0.2) is 0 Å². The lowest BCUT2D eigenvalue weighted by atomic mass is 9.64. The molecule has 3 aliphatic rings. The highest BCUT2D eigenvalue weighted by Gasteiger charge is 2.51. The number of rotatable bonds is 5. The zero-order chi connectivity index (χ0) is 17.4. The second-order valence-corrected chi connectivity index (χ2v) is 7.50.